The van der Waals surface area contributed by atoms with Crippen LogP contribution in [0.3, 0.4) is 0 Å². The van der Waals surface area contributed by atoms with Crippen LogP contribution in [-0.4, -0.2) is 47.9 Å². The van der Waals surface area contributed by atoms with Gasteiger partial charge in [0.15, 0.2) is 0 Å². The maximum absolute atomic E-state index is 13.8. The summed E-state index contributed by atoms with van der Waals surface area (Å²) in [6.07, 6.45) is 0.911. The third-order valence-corrected chi connectivity index (χ3v) is 9.80. The third kappa shape index (κ3) is 6.49. The fourth-order valence-corrected chi connectivity index (χ4v) is 7.40. The molecule has 0 aliphatic heterocycles. The smallest absolute Gasteiger partial charge is 0.269 e. The molecule has 0 aliphatic rings. The van der Waals surface area contributed by atoms with Crippen LogP contribution >= 0.6 is 11.6 Å². The second-order valence-corrected chi connectivity index (χ2v) is 13.5. The van der Waals surface area contributed by atoms with Gasteiger partial charge in [-0.15, -0.1) is 0 Å². The van der Waals surface area contributed by atoms with E-state index in [1.807, 2.05) is 19.9 Å². The van der Waals surface area contributed by atoms with Crippen molar-refractivity contribution in [3.05, 3.63) is 82.5 Å². The van der Waals surface area contributed by atoms with Crippen LogP contribution in [0.15, 0.2) is 75.4 Å². The Bertz CT molecular complexity index is 1750. The van der Waals surface area contributed by atoms with E-state index in [0.29, 0.717) is 34.5 Å². The lowest BCUT2D eigenvalue weighted by Crippen LogP contribution is -2.28. The molecule has 3 aromatic carbocycles. The fourth-order valence-electron chi connectivity index (χ4n) is 4.37. The Labute approximate surface area is 238 Å². The van der Waals surface area contributed by atoms with Crippen molar-refractivity contribution in [2.75, 3.05) is 20.2 Å². The van der Waals surface area contributed by atoms with Gasteiger partial charge < -0.3 is 15.0 Å². The maximum atomic E-state index is 13.8. The number of hydrogen-bond donors (Lipinski definition) is 3. The van der Waals surface area contributed by atoms with Gasteiger partial charge in [-0.05, 0) is 92.4 Å². The molecular weight excluding hydrogens is 574 g/mol. The van der Waals surface area contributed by atoms with Gasteiger partial charge in [0, 0.05) is 29.0 Å². The van der Waals surface area contributed by atoms with Crippen LogP contribution < -0.4 is 14.8 Å². The Hall–Kier alpha value is -3.38. The zero-order chi connectivity index (χ0) is 29.1. The zero-order valence-electron chi connectivity index (χ0n) is 22.2. The molecule has 0 bridgehead atoms. The van der Waals surface area contributed by atoms with E-state index in [2.05, 4.69) is 15.0 Å². The largest absolute Gasteiger partial charge is 0.497 e. The van der Waals surface area contributed by atoms with Gasteiger partial charge in [-0.1, -0.05) is 17.7 Å². The lowest BCUT2D eigenvalue weighted by atomic mass is 10.2. The second-order valence-electron chi connectivity index (χ2n) is 9.38. The molecule has 12 heteroatoms. The molecule has 0 saturated heterocycles. The number of aromatic nitrogens is 1. The minimum atomic E-state index is -4.08. The SMILES string of the molecule is COc1ccc(S(=O)(=O)NCCCCNC(=O)c2[nH]c3ccc(Cl)cc3c2S(=O)(=O)c2cc(C)cc(C)c2)cc1. The number of ether oxygens (including phenoxy) is 1. The number of unbranched alkanes of at least 4 members (excludes halogenated alkanes) is 1. The molecule has 0 radical (unpaired) electrons. The van der Waals surface area contributed by atoms with E-state index >= 15 is 0 Å². The number of rotatable bonds is 11. The Morgan fingerprint density at radius 2 is 1.52 bits per heavy atom. The van der Waals surface area contributed by atoms with Crippen molar-refractivity contribution >= 4 is 48.3 Å². The molecule has 40 heavy (non-hydrogen) atoms. The Kier molecular flexibility index (Phi) is 8.89. The van der Waals surface area contributed by atoms with Gasteiger partial charge in [0.2, 0.25) is 19.9 Å². The molecule has 3 N–H and O–H groups in total. The third-order valence-electron chi connectivity index (χ3n) is 6.27. The van der Waals surface area contributed by atoms with Crippen LogP contribution in [0, 0.1) is 13.8 Å². The molecule has 212 valence electrons. The molecule has 0 aliphatic carbocycles. The van der Waals surface area contributed by atoms with Crippen molar-refractivity contribution in [2.24, 2.45) is 0 Å². The van der Waals surface area contributed by atoms with Crippen LogP contribution in [0.25, 0.3) is 10.9 Å². The average Bonchev–Trinajstić information content (AvgIpc) is 3.29. The Balaban J connectivity index is 1.46. The highest BCUT2D eigenvalue weighted by Crippen LogP contribution is 2.34. The quantitative estimate of drug-likeness (QED) is 0.211. The first-order valence-corrected chi connectivity index (χ1v) is 15.8. The lowest BCUT2D eigenvalue weighted by molar-refractivity contribution is 0.0945. The first-order chi connectivity index (χ1) is 18.9. The number of benzene rings is 3. The van der Waals surface area contributed by atoms with Crippen LogP contribution in [0.2, 0.25) is 5.02 Å². The van der Waals surface area contributed by atoms with Gasteiger partial charge in [-0.2, -0.15) is 0 Å². The van der Waals surface area contributed by atoms with Crippen LogP contribution in [-0.2, 0) is 19.9 Å². The molecule has 0 atom stereocenters. The summed E-state index contributed by atoms with van der Waals surface area (Å²) in [5, 5.41) is 3.41. The molecule has 1 aromatic heterocycles. The topological polar surface area (TPSA) is 134 Å². The minimum absolute atomic E-state index is 0.0864. The van der Waals surface area contributed by atoms with E-state index in [1.54, 1.807) is 36.4 Å². The summed E-state index contributed by atoms with van der Waals surface area (Å²) < 4.78 is 60.1. The molecular formula is C28H30ClN3O6S2. The van der Waals surface area contributed by atoms with Crippen molar-refractivity contribution in [3.8, 4) is 5.75 Å². The van der Waals surface area contributed by atoms with E-state index in [9.17, 15) is 21.6 Å². The van der Waals surface area contributed by atoms with E-state index in [0.717, 1.165) is 11.1 Å². The summed E-state index contributed by atoms with van der Waals surface area (Å²) in [7, 11) is -6.26. The number of nitrogens with one attached hydrogen (secondary N) is 3. The number of fused-ring (bicyclic) bond motifs is 1. The Morgan fingerprint density at radius 1 is 0.875 bits per heavy atom. The summed E-state index contributed by atoms with van der Waals surface area (Å²) in [6.45, 7) is 4.00. The predicted molar refractivity (Wildman–Crippen MR) is 154 cm³/mol. The number of sulfone groups is 1. The summed E-state index contributed by atoms with van der Waals surface area (Å²) in [5.41, 5.74) is 1.94. The number of amides is 1. The molecule has 9 nitrogen and oxygen atoms in total. The molecule has 0 saturated carbocycles. The molecule has 1 heterocycles. The van der Waals surface area contributed by atoms with E-state index in [-0.39, 0.29) is 33.5 Å². The van der Waals surface area contributed by atoms with E-state index in [1.165, 1.54) is 25.3 Å². The van der Waals surface area contributed by atoms with Crippen LogP contribution in [0.4, 0.5) is 0 Å². The lowest BCUT2D eigenvalue weighted by Gasteiger charge is -2.10. The van der Waals surface area contributed by atoms with Gasteiger partial charge in [0.1, 0.15) is 16.3 Å². The van der Waals surface area contributed by atoms with Crippen molar-refractivity contribution in [1.82, 2.24) is 15.0 Å². The number of hydrogen-bond acceptors (Lipinski definition) is 6. The highest BCUT2D eigenvalue weighted by atomic mass is 35.5. The normalized spacial score (nSPS) is 12.0. The molecule has 4 rings (SSSR count). The van der Waals surface area contributed by atoms with Gasteiger partial charge in [-0.25, -0.2) is 21.6 Å². The van der Waals surface area contributed by atoms with Gasteiger partial charge in [0.25, 0.3) is 5.91 Å². The molecule has 1 amide bonds. The molecule has 0 unspecified atom stereocenters. The second kappa shape index (κ2) is 12.0. The van der Waals surface area contributed by atoms with Gasteiger partial charge in [0.05, 0.1) is 16.9 Å². The summed E-state index contributed by atoms with van der Waals surface area (Å²) >= 11 is 6.18. The van der Waals surface area contributed by atoms with Gasteiger partial charge >= 0.3 is 0 Å². The van der Waals surface area contributed by atoms with Crippen LogP contribution in [0.1, 0.15) is 34.5 Å². The number of H-pyrrole nitrogens is 1. The molecule has 4 aromatic rings. The maximum Gasteiger partial charge on any atom is 0.269 e. The monoisotopic (exact) mass is 603 g/mol. The zero-order valence-corrected chi connectivity index (χ0v) is 24.6. The standard InChI is InChI=1S/C28H30ClN3O6S2/c1-18-14-19(2)16-23(15-18)39(34,35)27-24-17-20(29)6-11-25(24)32-26(27)28(33)30-12-4-5-13-31-40(36,37)22-9-7-21(38-3)8-10-22/h6-11,14-17,31-32H,4-5,12-13H2,1-3H3,(H,30,33). The predicted octanol–water partition coefficient (Wildman–Crippen LogP) is 4.77. The number of sulfonamides is 1. The van der Waals surface area contributed by atoms with E-state index < -0.39 is 25.8 Å². The first-order valence-electron chi connectivity index (χ1n) is 12.5. The Morgan fingerprint density at radius 3 is 2.17 bits per heavy atom. The fraction of sp³-hybridized carbons (Fsp3) is 0.250. The number of aromatic amines is 1. The van der Waals surface area contributed by atoms with Crippen molar-refractivity contribution in [1.29, 1.82) is 0 Å². The summed E-state index contributed by atoms with van der Waals surface area (Å²) in [4.78, 5) is 16.2. The number of carbonyl (C=O) groups is 1. The summed E-state index contributed by atoms with van der Waals surface area (Å²) in [6, 6.07) is 15.8. The molecule has 0 spiro atoms. The first kappa shape index (κ1) is 29.6. The number of methoxy groups -OCH3 is 1. The number of aryl methyl sites for hydroxylation is 2. The van der Waals surface area contributed by atoms with Crippen molar-refractivity contribution in [2.45, 2.75) is 41.4 Å². The highest BCUT2D eigenvalue weighted by molar-refractivity contribution is 7.91. The van der Waals surface area contributed by atoms with Gasteiger partial charge in [-0.3, -0.25) is 4.79 Å². The minimum Gasteiger partial charge on any atom is -0.497 e. The van der Waals surface area contributed by atoms with Crippen molar-refractivity contribution in [3.63, 3.8) is 0 Å². The van der Waals surface area contributed by atoms with E-state index in [4.69, 9.17) is 16.3 Å². The van der Waals surface area contributed by atoms with Crippen LogP contribution in [0.5, 0.6) is 5.75 Å². The van der Waals surface area contributed by atoms with Crippen molar-refractivity contribution < 1.29 is 26.4 Å². The highest BCUT2D eigenvalue weighted by Gasteiger charge is 2.30. The number of halogens is 1. The summed E-state index contributed by atoms with van der Waals surface area (Å²) in [5.74, 6) is -0.0354. The molecule has 0 fully saturated rings. The number of carbonyl (C=O) groups excluding carboxylic acids is 1. The average molecular weight is 604 g/mol.